The summed E-state index contributed by atoms with van der Waals surface area (Å²) in [6.07, 6.45) is 0.122. The summed E-state index contributed by atoms with van der Waals surface area (Å²) in [7, 11) is 0. The summed E-state index contributed by atoms with van der Waals surface area (Å²) in [6.45, 7) is 0. The first kappa shape index (κ1) is 13.9. The summed E-state index contributed by atoms with van der Waals surface area (Å²) in [5.41, 5.74) is -0.940. The Morgan fingerprint density at radius 2 is 1.74 bits per heavy atom. The minimum atomic E-state index is -4.45. The van der Waals surface area contributed by atoms with Crippen LogP contribution in [0.5, 0.6) is 0 Å². The van der Waals surface area contributed by atoms with Crippen LogP contribution in [0.25, 0.3) is 0 Å². The maximum absolute atomic E-state index is 12.8. The van der Waals surface area contributed by atoms with Gasteiger partial charge in [0, 0.05) is 5.92 Å². The molecule has 0 aliphatic heterocycles. The van der Waals surface area contributed by atoms with E-state index in [-0.39, 0.29) is 17.5 Å². The lowest BCUT2D eigenvalue weighted by molar-refractivity contribution is -0.137. The Labute approximate surface area is 110 Å². The number of alkyl halides is 3. The number of nitrogens with one attached hydrogen (secondary N) is 1. The fraction of sp³-hybridized carbons (Fsp3) is 0.500. The standard InChI is InChI=1S/C14H16F3NO/c15-14(16,17)11-8-4-5-9-12(11)18-13(19)10-6-2-1-3-7-10/h4-5,8-10H,1-3,6-7H2,(H,18,19). The van der Waals surface area contributed by atoms with E-state index in [1.807, 2.05) is 0 Å². The van der Waals surface area contributed by atoms with Crippen LogP contribution in [0.3, 0.4) is 0 Å². The number of anilines is 1. The molecular weight excluding hydrogens is 255 g/mol. The second-order valence-electron chi connectivity index (χ2n) is 4.87. The van der Waals surface area contributed by atoms with E-state index < -0.39 is 11.7 Å². The lowest BCUT2D eigenvalue weighted by Gasteiger charge is -2.22. The largest absolute Gasteiger partial charge is 0.418 e. The molecule has 0 spiro atoms. The zero-order valence-electron chi connectivity index (χ0n) is 10.5. The molecule has 1 saturated carbocycles. The molecule has 1 N–H and O–H groups in total. The topological polar surface area (TPSA) is 29.1 Å². The van der Waals surface area contributed by atoms with Crippen molar-refractivity contribution in [1.82, 2.24) is 0 Å². The van der Waals surface area contributed by atoms with Gasteiger partial charge in [0.15, 0.2) is 0 Å². The highest BCUT2D eigenvalue weighted by molar-refractivity contribution is 5.93. The van der Waals surface area contributed by atoms with Gasteiger partial charge in [-0.3, -0.25) is 4.79 Å². The van der Waals surface area contributed by atoms with Gasteiger partial charge in [0.05, 0.1) is 11.3 Å². The van der Waals surface area contributed by atoms with Crippen molar-refractivity contribution in [2.75, 3.05) is 5.32 Å². The summed E-state index contributed by atoms with van der Waals surface area (Å²) in [5.74, 6) is -0.452. The van der Waals surface area contributed by atoms with E-state index in [1.54, 1.807) is 0 Å². The monoisotopic (exact) mass is 271 g/mol. The molecule has 1 aliphatic rings. The highest BCUT2D eigenvalue weighted by Gasteiger charge is 2.34. The van der Waals surface area contributed by atoms with Crippen LogP contribution in [-0.4, -0.2) is 5.91 Å². The molecule has 5 heteroatoms. The van der Waals surface area contributed by atoms with Crippen molar-refractivity contribution in [3.63, 3.8) is 0 Å². The lowest BCUT2D eigenvalue weighted by atomic mass is 9.88. The van der Waals surface area contributed by atoms with Crippen LogP contribution in [0.4, 0.5) is 18.9 Å². The predicted octanol–water partition coefficient (Wildman–Crippen LogP) is 4.22. The third-order valence-corrected chi connectivity index (χ3v) is 3.47. The van der Waals surface area contributed by atoms with Crippen LogP contribution < -0.4 is 5.32 Å². The first-order valence-electron chi connectivity index (χ1n) is 6.45. The molecule has 0 heterocycles. The minimum absolute atomic E-state index is 0.148. The molecule has 1 amide bonds. The van der Waals surface area contributed by atoms with Gasteiger partial charge in [-0.25, -0.2) is 0 Å². The molecule has 0 aromatic heterocycles. The molecule has 104 valence electrons. The number of hydrogen-bond acceptors (Lipinski definition) is 1. The SMILES string of the molecule is O=C(Nc1ccccc1C(F)(F)F)C1CCCCC1. The summed E-state index contributed by atoms with van der Waals surface area (Å²) in [6, 6.07) is 5.09. The van der Waals surface area contributed by atoms with E-state index >= 15 is 0 Å². The number of halogens is 3. The molecule has 0 radical (unpaired) electrons. The first-order valence-corrected chi connectivity index (χ1v) is 6.45. The van der Waals surface area contributed by atoms with Gasteiger partial charge < -0.3 is 5.32 Å². The van der Waals surface area contributed by atoms with E-state index in [0.717, 1.165) is 38.2 Å². The van der Waals surface area contributed by atoms with Crippen molar-refractivity contribution in [1.29, 1.82) is 0 Å². The smallest absolute Gasteiger partial charge is 0.325 e. The van der Waals surface area contributed by atoms with Crippen LogP contribution in [0, 0.1) is 5.92 Å². The Balaban J connectivity index is 2.12. The van der Waals surface area contributed by atoms with Gasteiger partial charge in [0.1, 0.15) is 0 Å². The normalized spacial score (nSPS) is 17.2. The summed E-state index contributed by atoms with van der Waals surface area (Å²) >= 11 is 0. The Morgan fingerprint density at radius 3 is 2.37 bits per heavy atom. The molecule has 1 aromatic carbocycles. The Morgan fingerprint density at radius 1 is 1.11 bits per heavy atom. The fourth-order valence-corrected chi connectivity index (χ4v) is 2.44. The van der Waals surface area contributed by atoms with Crippen molar-refractivity contribution >= 4 is 11.6 Å². The van der Waals surface area contributed by atoms with Gasteiger partial charge in [0.25, 0.3) is 0 Å². The molecule has 0 atom stereocenters. The zero-order valence-corrected chi connectivity index (χ0v) is 10.5. The summed E-state index contributed by atoms with van der Waals surface area (Å²) < 4.78 is 38.4. The number of benzene rings is 1. The molecule has 0 saturated heterocycles. The summed E-state index contributed by atoms with van der Waals surface area (Å²) in [5, 5.41) is 2.43. The molecule has 1 aliphatic carbocycles. The Hall–Kier alpha value is -1.52. The van der Waals surface area contributed by atoms with E-state index in [9.17, 15) is 18.0 Å². The highest BCUT2D eigenvalue weighted by atomic mass is 19.4. The molecule has 0 bridgehead atoms. The van der Waals surface area contributed by atoms with E-state index in [0.29, 0.717) is 0 Å². The number of amides is 1. The van der Waals surface area contributed by atoms with Crippen LogP contribution in [-0.2, 0) is 11.0 Å². The third kappa shape index (κ3) is 3.49. The molecule has 2 nitrogen and oxygen atoms in total. The Bertz CT molecular complexity index is 450. The first-order chi connectivity index (χ1) is 8.98. The second-order valence-corrected chi connectivity index (χ2v) is 4.87. The van der Waals surface area contributed by atoms with Gasteiger partial charge in [-0.15, -0.1) is 0 Å². The van der Waals surface area contributed by atoms with Crippen molar-refractivity contribution < 1.29 is 18.0 Å². The minimum Gasteiger partial charge on any atom is -0.325 e. The lowest BCUT2D eigenvalue weighted by Crippen LogP contribution is -2.26. The van der Waals surface area contributed by atoms with Crippen LogP contribution in [0.2, 0.25) is 0 Å². The van der Waals surface area contributed by atoms with Crippen LogP contribution >= 0.6 is 0 Å². The molecule has 19 heavy (non-hydrogen) atoms. The Kier molecular flexibility index (Phi) is 4.12. The van der Waals surface area contributed by atoms with Crippen molar-refractivity contribution in [2.24, 2.45) is 5.92 Å². The van der Waals surface area contributed by atoms with Crippen LogP contribution in [0.1, 0.15) is 37.7 Å². The van der Waals surface area contributed by atoms with Crippen molar-refractivity contribution in [3.05, 3.63) is 29.8 Å². The number of rotatable bonds is 2. The number of carbonyl (C=O) groups is 1. The second kappa shape index (κ2) is 5.63. The zero-order chi connectivity index (χ0) is 13.9. The van der Waals surface area contributed by atoms with E-state index in [1.165, 1.54) is 18.2 Å². The quantitative estimate of drug-likeness (QED) is 0.857. The highest BCUT2D eigenvalue weighted by Crippen LogP contribution is 2.35. The number of carbonyl (C=O) groups excluding carboxylic acids is 1. The fourth-order valence-electron chi connectivity index (χ4n) is 2.44. The van der Waals surface area contributed by atoms with E-state index in [4.69, 9.17) is 0 Å². The number of hydrogen-bond donors (Lipinski definition) is 1. The van der Waals surface area contributed by atoms with Gasteiger partial charge in [-0.1, -0.05) is 31.4 Å². The average molecular weight is 271 g/mol. The van der Waals surface area contributed by atoms with Crippen LogP contribution in [0.15, 0.2) is 24.3 Å². The predicted molar refractivity (Wildman–Crippen MR) is 66.6 cm³/mol. The average Bonchev–Trinajstić information content (AvgIpc) is 2.39. The summed E-state index contributed by atoms with van der Waals surface area (Å²) in [4.78, 5) is 12.0. The molecule has 2 rings (SSSR count). The van der Waals surface area contributed by atoms with Gasteiger partial charge >= 0.3 is 6.18 Å². The molecule has 0 unspecified atom stereocenters. The van der Waals surface area contributed by atoms with Gasteiger partial charge in [-0.2, -0.15) is 13.2 Å². The third-order valence-electron chi connectivity index (χ3n) is 3.47. The maximum Gasteiger partial charge on any atom is 0.418 e. The maximum atomic E-state index is 12.8. The van der Waals surface area contributed by atoms with Gasteiger partial charge in [-0.05, 0) is 25.0 Å². The van der Waals surface area contributed by atoms with Crippen molar-refractivity contribution in [2.45, 2.75) is 38.3 Å². The molecular formula is C14H16F3NO. The molecule has 1 fully saturated rings. The van der Waals surface area contributed by atoms with Gasteiger partial charge in [0.2, 0.25) is 5.91 Å². The molecule has 1 aromatic rings. The number of para-hydroxylation sites is 1. The van der Waals surface area contributed by atoms with Crippen molar-refractivity contribution in [3.8, 4) is 0 Å². The van der Waals surface area contributed by atoms with E-state index in [2.05, 4.69) is 5.32 Å².